The molecule has 2 N–H and O–H groups in total. The fourth-order valence-electron chi connectivity index (χ4n) is 12.9. The molecule has 0 radical (unpaired) electrons. The topological polar surface area (TPSA) is 27.3 Å². The molecule has 3 nitrogen and oxygen atoms in total. The highest BCUT2D eigenvalue weighted by molar-refractivity contribution is 5.38. The van der Waals surface area contributed by atoms with Gasteiger partial charge in [-0.15, -0.1) is 0 Å². The summed E-state index contributed by atoms with van der Waals surface area (Å²) in [5.41, 5.74) is 5.81. The van der Waals surface area contributed by atoms with Crippen LogP contribution in [0.3, 0.4) is 0 Å². The summed E-state index contributed by atoms with van der Waals surface area (Å²) in [4.78, 5) is 3.06. The summed E-state index contributed by atoms with van der Waals surface area (Å²) in [5, 5.41) is 8.82. The summed E-state index contributed by atoms with van der Waals surface area (Å²) in [6, 6.07) is 2.25. The zero-order chi connectivity index (χ0) is 28.1. The van der Waals surface area contributed by atoms with Gasteiger partial charge in [-0.1, -0.05) is 83.6 Å². The van der Waals surface area contributed by atoms with Gasteiger partial charge < -0.3 is 0 Å². The molecule has 10 rings (SSSR count). The van der Waals surface area contributed by atoms with Crippen molar-refractivity contribution in [2.45, 2.75) is 108 Å². The van der Waals surface area contributed by atoms with E-state index in [4.69, 9.17) is 0 Å². The summed E-state index contributed by atoms with van der Waals surface area (Å²) in [6.07, 6.45) is 44.2. The highest BCUT2D eigenvalue weighted by Crippen LogP contribution is 2.63. The lowest BCUT2D eigenvalue weighted by atomic mass is 9.59. The van der Waals surface area contributed by atoms with E-state index < -0.39 is 0 Å². The standard InChI is InChI=1S/C40H51N3/c1-2-11-26(12-3-1)38-32-22-20-24-10-4-5-14-27(24)39(32)42-40(41-38)43-33-19-9-18-31-29-16-7-6-15-28(29)30-17-8-13-25-21-23-34(43)37(35(25)30)36(31)33/h1-4,9-11,19-22,24,26-27,30-42H,5-8,12-18,23H2. The first-order valence-electron chi connectivity index (χ1n) is 18.4. The third-order valence-electron chi connectivity index (χ3n) is 14.4. The van der Waals surface area contributed by atoms with Gasteiger partial charge in [0.05, 0.1) is 0 Å². The fraction of sp³-hybridized carbons (Fsp3) is 0.650. The number of likely N-dealkylation sites (tertiary alicyclic amines) is 1. The highest BCUT2D eigenvalue weighted by atomic mass is 15.5. The van der Waals surface area contributed by atoms with Gasteiger partial charge in [-0.25, -0.2) is 0 Å². The second-order valence-corrected chi connectivity index (χ2v) is 15.9. The predicted octanol–water partition coefficient (Wildman–Crippen LogP) is 7.59. The van der Waals surface area contributed by atoms with E-state index in [0.29, 0.717) is 47.8 Å². The number of rotatable bonds is 2. The number of allylic oxidation sites excluding steroid dienone is 10. The van der Waals surface area contributed by atoms with Gasteiger partial charge in [0.25, 0.3) is 0 Å². The lowest BCUT2D eigenvalue weighted by Crippen LogP contribution is -2.73. The summed E-state index contributed by atoms with van der Waals surface area (Å²) < 4.78 is 0. The van der Waals surface area contributed by atoms with Crippen LogP contribution in [0.15, 0.2) is 83.6 Å². The molecule has 0 aromatic rings. The van der Waals surface area contributed by atoms with E-state index in [1.54, 1.807) is 0 Å². The molecule has 0 bridgehead atoms. The van der Waals surface area contributed by atoms with Crippen LogP contribution in [0, 0.1) is 53.3 Å². The van der Waals surface area contributed by atoms with Crippen LogP contribution >= 0.6 is 0 Å². The fourth-order valence-corrected chi connectivity index (χ4v) is 12.9. The molecule has 8 aliphatic carbocycles. The zero-order valence-electron chi connectivity index (χ0n) is 25.9. The van der Waals surface area contributed by atoms with Crippen molar-refractivity contribution in [1.29, 1.82) is 0 Å². The molecule has 3 fully saturated rings. The molecule has 0 amide bonds. The average Bonchev–Trinajstić information content (AvgIpc) is 3.36. The van der Waals surface area contributed by atoms with E-state index >= 15 is 0 Å². The van der Waals surface area contributed by atoms with E-state index in [2.05, 4.69) is 82.4 Å². The van der Waals surface area contributed by atoms with Crippen molar-refractivity contribution in [2.75, 3.05) is 0 Å². The van der Waals surface area contributed by atoms with Crippen LogP contribution in [0.4, 0.5) is 0 Å². The number of fused-ring (bicyclic) bond motifs is 5. The van der Waals surface area contributed by atoms with Gasteiger partial charge >= 0.3 is 0 Å². The molecule has 43 heavy (non-hydrogen) atoms. The molecule has 226 valence electrons. The maximum atomic E-state index is 4.43. The Morgan fingerprint density at radius 3 is 2.51 bits per heavy atom. The summed E-state index contributed by atoms with van der Waals surface area (Å²) in [5.74, 6) is 6.51. The average molecular weight is 574 g/mol. The minimum atomic E-state index is 0.255. The van der Waals surface area contributed by atoms with Crippen LogP contribution in [0.2, 0.25) is 0 Å². The quantitative estimate of drug-likeness (QED) is 0.333. The zero-order valence-corrected chi connectivity index (χ0v) is 25.9. The van der Waals surface area contributed by atoms with Gasteiger partial charge in [0.1, 0.15) is 6.29 Å². The SMILES string of the molecule is C1=CCC(C2NC(N3C4C=CCC5C6=C(CCCC6)C6CCCC7=CCC3C(C76)C54)NC3C2C=CC2C=CCCC23)C=C1. The van der Waals surface area contributed by atoms with E-state index in [-0.39, 0.29) is 6.29 Å². The third kappa shape index (κ3) is 3.89. The normalized spacial score (nSPS) is 50.8. The van der Waals surface area contributed by atoms with Crippen molar-refractivity contribution in [1.82, 2.24) is 15.5 Å². The van der Waals surface area contributed by atoms with E-state index in [9.17, 15) is 0 Å². The molecule has 3 heteroatoms. The molecule has 2 heterocycles. The molecule has 14 unspecified atom stereocenters. The van der Waals surface area contributed by atoms with Crippen molar-refractivity contribution in [2.24, 2.45) is 53.3 Å². The number of hydrogen-bond donors (Lipinski definition) is 2. The van der Waals surface area contributed by atoms with Gasteiger partial charge in [0.15, 0.2) is 0 Å². The van der Waals surface area contributed by atoms with E-state index in [1.807, 2.05) is 16.7 Å². The summed E-state index contributed by atoms with van der Waals surface area (Å²) >= 11 is 0. The van der Waals surface area contributed by atoms with Crippen LogP contribution in [0.5, 0.6) is 0 Å². The van der Waals surface area contributed by atoms with Crippen LogP contribution in [0.25, 0.3) is 0 Å². The number of nitrogens with zero attached hydrogens (tertiary/aromatic N) is 1. The van der Waals surface area contributed by atoms with Crippen LogP contribution in [-0.2, 0) is 0 Å². The van der Waals surface area contributed by atoms with Gasteiger partial charge in [-0.3, -0.25) is 15.5 Å². The number of nitrogens with one attached hydrogen (secondary N) is 2. The highest BCUT2D eigenvalue weighted by Gasteiger charge is 2.62. The maximum Gasteiger partial charge on any atom is 0.115 e. The summed E-state index contributed by atoms with van der Waals surface area (Å²) in [7, 11) is 0. The van der Waals surface area contributed by atoms with E-state index in [1.165, 1.54) is 77.0 Å². The molecule has 0 spiro atoms. The van der Waals surface area contributed by atoms with Crippen molar-refractivity contribution in [3.8, 4) is 0 Å². The first-order chi connectivity index (χ1) is 21.3. The van der Waals surface area contributed by atoms with Crippen molar-refractivity contribution in [3.63, 3.8) is 0 Å². The predicted molar refractivity (Wildman–Crippen MR) is 175 cm³/mol. The molecule has 0 aromatic carbocycles. The van der Waals surface area contributed by atoms with E-state index in [0.717, 1.165) is 29.6 Å². The minimum absolute atomic E-state index is 0.255. The Bertz CT molecular complexity index is 1360. The van der Waals surface area contributed by atoms with Crippen molar-refractivity contribution in [3.05, 3.63) is 83.6 Å². The lowest BCUT2D eigenvalue weighted by molar-refractivity contribution is -0.00726. The van der Waals surface area contributed by atoms with Gasteiger partial charge in [0.2, 0.25) is 0 Å². The summed E-state index contributed by atoms with van der Waals surface area (Å²) in [6.45, 7) is 0. The van der Waals surface area contributed by atoms with Gasteiger partial charge in [0, 0.05) is 30.1 Å². The molecule has 14 atom stereocenters. The molecule has 2 saturated heterocycles. The van der Waals surface area contributed by atoms with Crippen LogP contribution in [0.1, 0.15) is 77.0 Å². The molecule has 0 aromatic heterocycles. The van der Waals surface area contributed by atoms with Gasteiger partial charge in [-0.05, 0) is 124 Å². The van der Waals surface area contributed by atoms with Gasteiger partial charge in [-0.2, -0.15) is 0 Å². The Morgan fingerprint density at radius 1 is 0.698 bits per heavy atom. The molecular weight excluding hydrogens is 522 g/mol. The second kappa shape index (κ2) is 10.3. The Hall–Kier alpha value is -1.94. The monoisotopic (exact) mass is 573 g/mol. The lowest BCUT2D eigenvalue weighted by Gasteiger charge is -2.55. The second-order valence-electron chi connectivity index (χ2n) is 15.9. The molecule has 10 aliphatic rings. The van der Waals surface area contributed by atoms with Crippen LogP contribution < -0.4 is 10.6 Å². The maximum absolute atomic E-state index is 4.43. The first kappa shape index (κ1) is 26.3. The third-order valence-corrected chi connectivity index (χ3v) is 14.4. The number of hydrogen-bond acceptors (Lipinski definition) is 3. The van der Waals surface area contributed by atoms with Crippen molar-refractivity contribution >= 4 is 0 Å². The molecular formula is C40H51N3. The van der Waals surface area contributed by atoms with Crippen LogP contribution in [-0.4, -0.2) is 35.4 Å². The first-order valence-corrected chi connectivity index (χ1v) is 18.4. The Balaban J connectivity index is 1.07. The molecule has 1 saturated carbocycles. The Kier molecular flexibility index (Phi) is 6.29. The smallest absolute Gasteiger partial charge is 0.115 e. The minimum Gasteiger partial charge on any atom is -0.286 e. The Labute approximate surface area is 259 Å². The van der Waals surface area contributed by atoms with Crippen molar-refractivity contribution < 1.29 is 0 Å². The Morgan fingerprint density at radius 2 is 1.60 bits per heavy atom. The largest absolute Gasteiger partial charge is 0.286 e. The molecule has 2 aliphatic heterocycles.